The monoisotopic (exact) mass is 436 g/mol. The number of fused-ring (bicyclic) bond motifs is 1. The second-order valence-electron chi connectivity index (χ2n) is 8.12. The van der Waals surface area contributed by atoms with Crippen LogP contribution in [-0.2, 0) is 7.05 Å². The Balaban J connectivity index is 1.57. The van der Waals surface area contributed by atoms with Crippen LogP contribution in [0.1, 0.15) is 18.5 Å². The average Bonchev–Trinajstić information content (AvgIpc) is 3.45. The van der Waals surface area contributed by atoms with Gasteiger partial charge in [0.2, 0.25) is 5.95 Å². The number of hydrogen-bond acceptors (Lipinski definition) is 2. The minimum Gasteiger partial charge on any atom is -0.350 e. The van der Waals surface area contributed by atoms with Crippen molar-refractivity contribution in [1.82, 2.24) is 9.55 Å². The maximum absolute atomic E-state index is 4.93. The van der Waals surface area contributed by atoms with Crippen LogP contribution in [0.3, 0.4) is 0 Å². The molecule has 3 nitrogen and oxygen atoms in total. The molecule has 0 saturated carbocycles. The molecular formula is C28H27N3P-. The molecule has 5 rings (SSSR count). The molecule has 4 aromatic carbocycles. The van der Waals surface area contributed by atoms with Gasteiger partial charge in [0, 0.05) is 20.1 Å². The van der Waals surface area contributed by atoms with Crippen LogP contribution in [0.5, 0.6) is 0 Å². The van der Waals surface area contributed by atoms with E-state index in [0.717, 1.165) is 17.0 Å². The van der Waals surface area contributed by atoms with Crippen molar-refractivity contribution in [3.63, 3.8) is 0 Å². The molecule has 32 heavy (non-hydrogen) atoms. The van der Waals surface area contributed by atoms with E-state index in [1.165, 1.54) is 21.5 Å². The Kier molecular flexibility index (Phi) is 5.59. The van der Waals surface area contributed by atoms with Crippen molar-refractivity contribution in [2.45, 2.75) is 13.0 Å². The van der Waals surface area contributed by atoms with Gasteiger partial charge in [0.25, 0.3) is 0 Å². The van der Waals surface area contributed by atoms with Gasteiger partial charge in [0.15, 0.2) is 0 Å². The van der Waals surface area contributed by atoms with Crippen LogP contribution in [0.15, 0.2) is 103 Å². The summed E-state index contributed by atoms with van der Waals surface area (Å²) in [5.41, 5.74) is 3.54. The molecule has 0 fully saturated rings. The standard InChI is InChI=1S/C28H27N3P/c1-21(30(2)28-29-25-18-10-11-19-26(25)31(28)3)24-17-12-20-27(24)32(22-13-6-4-7-14-22)23-15-8-5-9-16-23/h4-21H,1-3H3/q-1/t21-/m1/s1. The summed E-state index contributed by atoms with van der Waals surface area (Å²) in [6, 6.07) is 37.1. The van der Waals surface area contributed by atoms with Gasteiger partial charge in [-0.25, -0.2) is 17.1 Å². The van der Waals surface area contributed by atoms with Crippen LogP contribution in [0, 0.1) is 0 Å². The molecule has 0 radical (unpaired) electrons. The molecule has 0 unspecified atom stereocenters. The first kappa shape index (κ1) is 20.6. The average molecular weight is 437 g/mol. The molecule has 4 heteroatoms. The van der Waals surface area contributed by atoms with Crippen LogP contribution in [0.25, 0.3) is 11.0 Å². The molecule has 0 spiro atoms. The fraction of sp³-hybridized carbons (Fsp3) is 0.143. The van der Waals surface area contributed by atoms with Gasteiger partial charge >= 0.3 is 0 Å². The normalized spacial score (nSPS) is 12.4. The number of benzene rings is 3. The molecule has 0 bridgehead atoms. The van der Waals surface area contributed by atoms with Crippen LogP contribution < -0.4 is 20.8 Å². The van der Waals surface area contributed by atoms with Crippen molar-refractivity contribution in [2.75, 3.05) is 11.9 Å². The third kappa shape index (κ3) is 3.63. The highest BCUT2D eigenvalue weighted by atomic mass is 31.1. The van der Waals surface area contributed by atoms with E-state index >= 15 is 0 Å². The number of anilines is 1. The zero-order chi connectivity index (χ0) is 22.1. The second kappa shape index (κ2) is 8.68. The maximum atomic E-state index is 4.93. The van der Waals surface area contributed by atoms with Gasteiger partial charge in [-0.15, -0.1) is 10.9 Å². The van der Waals surface area contributed by atoms with Crippen molar-refractivity contribution in [3.8, 4) is 0 Å². The SMILES string of the molecule is C[C@H]([c-]1cccc1P(c1ccccc1)c1ccccc1)N(C)c1nc2ccccc2n1C. The Labute approximate surface area is 191 Å². The fourth-order valence-corrected chi connectivity index (χ4v) is 6.94. The summed E-state index contributed by atoms with van der Waals surface area (Å²) < 4.78 is 2.19. The molecule has 1 heterocycles. The van der Waals surface area contributed by atoms with E-state index in [2.05, 4.69) is 128 Å². The number of aryl methyl sites for hydroxylation is 1. The quantitative estimate of drug-likeness (QED) is 0.268. The number of para-hydroxylation sites is 2. The van der Waals surface area contributed by atoms with E-state index < -0.39 is 7.92 Å². The third-order valence-corrected chi connectivity index (χ3v) is 8.72. The highest BCUT2D eigenvalue weighted by molar-refractivity contribution is 7.79. The van der Waals surface area contributed by atoms with Crippen molar-refractivity contribution < 1.29 is 0 Å². The van der Waals surface area contributed by atoms with Crippen molar-refractivity contribution >= 4 is 40.8 Å². The molecule has 0 saturated heterocycles. The smallest absolute Gasteiger partial charge is 0.205 e. The van der Waals surface area contributed by atoms with Crippen LogP contribution >= 0.6 is 7.92 Å². The van der Waals surface area contributed by atoms with E-state index in [-0.39, 0.29) is 6.04 Å². The Bertz CT molecular complexity index is 1280. The lowest BCUT2D eigenvalue weighted by Crippen LogP contribution is -2.29. The summed E-state index contributed by atoms with van der Waals surface area (Å²) in [7, 11) is 3.61. The Morgan fingerprint density at radius 3 is 2.03 bits per heavy atom. The third-order valence-electron chi connectivity index (χ3n) is 6.21. The molecule has 0 N–H and O–H groups in total. The summed E-state index contributed by atoms with van der Waals surface area (Å²) in [5.74, 6) is 0.981. The van der Waals surface area contributed by atoms with Crippen molar-refractivity contribution in [3.05, 3.63) is 109 Å². The van der Waals surface area contributed by atoms with E-state index in [1.807, 2.05) is 6.07 Å². The number of hydrogen-bond donors (Lipinski definition) is 0. The Hall–Kier alpha value is -3.29. The van der Waals surface area contributed by atoms with Gasteiger partial charge in [0.05, 0.1) is 11.0 Å². The van der Waals surface area contributed by atoms with Crippen LogP contribution in [0.4, 0.5) is 5.95 Å². The molecule has 1 aromatic heterocycles. The zero-order valence-electron chi connectivity index (χ0n) is 18.7. The zero-order valence-corrected chi connectivity index (χ0v) is 19.6. The summed E-state index contributed by atoms with van der Waals surface area (Å²) in [4.78, 5) is 7.22. The fourth-order valence-electron chi connectivity index (χ4n) is 4.39. The minimum atomic E-state index is -0.637. The molecule has 0 amide bonds. The summed E-state index contributed by atoms with van der Waals surface area (Å²) >= 11 is 0. The first-order valence-electron chi connectivity index (χ1n) is 11.0. The van der Waals surface area contributed by atoms with Crippen LogP contribution in [-0.4, -0.2) is 16.6 Å². The molecule has 0 aliphatic heterocycles. The van der Waals surface area contributed by atoms with Crippen molar-refractivity contribution in [2.24, 2.45) is 7.05 Å². The number of rotatable bonds is 6. The van der Waals surface area contributed by atoms with E-state index in [1.54, 1.807) is 0 Å². The summed E-state index contributed by atoms with van der Waals surface area (Å²) in [6.07, 6.45) is 0. The molecule has 1 atom stereocenters. The molecule has 0 aliphatic carbocycles. The predicted molar refractivity (Wildman–Crippen MR) is 138 cm³/mol. The topological polar surface area (TPSA) is 21.1 Å². The minimum absolute atomic E-state index is 0.188. The lowest BCUT2D eigenvalue weighted by Gasteiger charge is -2.33. The number of aromatic nitrogens is 2. The number of nitrogens with zero attached hydrogens (tertiary/aromatic N) is 3. The van der Waals surface area contributed by atoms with Gasteiger partial charge < -0.3 is 9.47 Å². The Morgan fingerprint density at radius 2 is 1.41 bits per heavy atom. The van der Waals surface area contributed by atoms with Crippen molar-refractivity contribution in [1.29, 1.82) is 0 Å². The Morgan fingerprint density at radius 1 is 0.812 bits per heavy atom. The van der Waals surface area contributed by atoms with Gasteiger partial charge in [-0.1, -0.05) is 79.7 Å². The predicted octanol–water partition coefficient (Wildman–Crippen LogP) is 5.25. The molecule has 5 aromatic rings. The molecule has 160 valence electrons. The first-order chi connectivity index (χ1) is 15.6. The molecule has 0 aliphatic rings. The molecular weight excluding hydrogens is 409 g/mol. The maximum Gasteiger partial charge on any atom is 0.205 e. The van der Waals surface area contributed by atoms with Gasteiger partial charge in [0.1, 0.15) is 0 Å². The van der Waals surface area contributed by atoms with E-state index in [0.29, 0.717) is 0 Å². The largest absolute Gasteiger partial charge is 0.350 e. The highest BCUT2D eigenvalue weighted by Crippen LogP contribution is 2.37. The lowest BCUT2D eigenvalue weighted by atomic mass is 10.1. The summed E-state index contributed by atoms with van der Waals surface area (Å²) in [6.45, 7) is 2.28. The van der Waals surface area contributed by atoms with E-state index in [9.17, 15) is 0 Å². The van der Waals surface area contributed by atoms with E-state index in [4.69, 9.17) is 4.98 Å². The van der Waals surface area contributed by atoms with Gasteiger partial charge in [-0.05, 0) is 30.7 Å². The second-order valence-corrected chi connectivity index (χ2v) is 10.3. The summed E-state index contributed by atoms with van der Waals surface area (Å²) in [5, 5.41) is 4.16. The highest BCUT2D eigenvalue weighted by Gasteiger charge is 2.21. The van der Waals surface area contributed by atoms with Crippen LogP contribution in [0.2, 0.25) is 0 Å². The lowest BCUT2D eigenvalue weighted by molar-refractivity contribution is 0.704. The van der Waals surface area contributed by atoms with Gasteiger partial charge in [-0.2, -0.15) is 6.07 Å². The number of imidazole rings is 1. The first-order valence-corrected chi connectivity index (χ1v) is 12.3. The van der Waals surface area contributed by atoms with Gasteiger partial charge in [-0.3, -0.25) is 0 Å².